The van der Waals surface area contributed by atoms with Gasteiger partial charge in [0.25, 0.3) is 5.91 Å². The Labute approximate surface area is 290 Å². The van der Waals surface area contributed by atoms with Crippen LogP contribution in [0.15, 0.2) is 30.3 Å². The second-order valence-corrected chi connectivity index (χ2v) is 15.8. The molecule has 50 heavy (non-hydrogen) atoms. The summed E-state index contributed by atoms with van der Waals surface area (Å²) in [4.78, 5) is 80.6. The van der Waals surface area contributed by atoms with Crippen molar-refractivity contribution in [3.8, 4) is 0 Å². The molecule has 2 aliphatic carbocycles. The van der Waals surface area contributed by atoms with Crippen LogP contribution in [0.2, 0.25) is 0 Å². The summed E-state index contributed by atoms with van der Waals surface area (Å²) < 4.78 is 44.9. The van der Waals surface area contributed by atoms with Crippen LogP contribution in [-0.4, -0.2) is 83.4 Å². The van der Waals surface area contributed by atoms with Crippen molar-refractivity contribution in [2.24, 2.45) is 28.6 Å². The van der Waals surface area contributed by atoms with Crippen molar-refractivity contribution in [1.29, 1.82) is 0 Å². The van der Waals surface area contributed by atoms with Crippen LogP contribution in [0.3, 0.4) is 0 Å². The number of ketones is 1. The molecule has 3 fully saturated rings. The molecule has 12 nitrogen and oxygen atoms in total. The fourth-order valence-electron chi connectivity index (χ4n) is 6.51. The van der Waals surface area contributed by atoms with Crippen LogP contribution >= 0.6 is 0 Å². The van der Waals surface area contributed by atoms with Crippen LogP contribution in [0.5, 0.6) is 0 Å². The Morgan fingerprint density at radius 1 is 0.940 bits per heavy atom. The monoisotopic (exact) mass is 707 g/mol. The molecule has 5 amide bonds. The standard InChI is InChI=1S/C35H48F3N5O7/c1-32(2,3)27(42-31(49)50-34(6,7)35(36,37)38)30(48)43-18-21-24(33(21,4)5)25(43)28(46)41-22(15-19-13-14-19)26(45)29(47)40-17-23(44)39-16-20-11-9-8-10-12-20/h8-12,19,21-22,24-25,27H,13-18H2,1-7H3,(H,39,44)(H,40,47)(H,41,46)(H,42,49)/t21-,22-,24-,25-,27+/m0/s1. The van der Waals surface area contributed by atoms with Crippen molar-refractivity contribution in [2.75, 3.05) is 13.1 Å². The Morgan fingerprint density at radius 3 is 2.12 bits per heavy atom. The van der Waals surface area contributed by atoms with E-state index in [9.17, 15) is 41.9 Å². The van der Waals surface area contributed by atoms with E-state index in [1.165, 1.54) is 4.90 Å². The number of carbonyl (C=O) groups is 6. The highest BCUT2D eigenvalue weighted by atomic mass is 19.4. The number of rotatable bonds is 13. The van der Waals surface area contributed by atoms with E-state index < -0.39 is 77.4 Å². The highest BCUT2D eigenvalue weighted by molar-refractivity contribution is 6.38. The molecular weight excluding hydrogens is 659 g/mol. The Kier molecular flexibility index (Phi) is 11.0. The quantitative estimate of drug-likeness (QED) is 0.229. The van der Waals surface area contributed by atoms with Gasteiger partial charge in [0.1, 0.15) is 12.1 Å². The Morgan fingerprint density at radius 2 is 1.56 bits per heavy atom. The molecule has 2 saturated carbocycles. The van der Waals surface area contributed by atoms with Crippen molar-refractivity contribution >= 4 is 35.5 Å². The maximum atomic E-state index is 14.1. The van der Waals surface area contributed by atoms with Crippen LogP contribution in [0.25, 0.3) is 0 Å². The first-order valence-electron chi connectivity index (χ1n) is 16.8. The molecule has 1 aromatic rings. The van der Waals surface area contributed by atoms with Gasteiger partial charge < -0.3 is 30.9 Å². The summed E-state index contributed by atoms with van der Waals surface area (Å²) in [6.45, 7) is 10.1. The normalized spacial score (nSPS) is 22.4. The number of nitrogens with zero attached hydrogens (tertiary/aromatic N) is 1. The molecule has 3 aliphatic rings. The molecule has 0 radical (unpaired) electrons. The third-order valence-electron chi connectivity index (χ3n) is 10.0. The summed E-state index contributed by atoms with van der Waals surface area (Å²) in [7, 11) is 0. The van der Waals surface area contributed by atoms with Crippen LogP contribution in [0.1, 0.15) is 73.3 Å². The second-order valence-electron chi connectivity index (χ2n) is 15.8. The predicted molar refractivity (Wildman–Crippen MR) is 175 cm³/mol. The average Bonchev–Trinajstić information content (AvgIpc) is 3.87. The molecule has 276 valence electrons. The number of fused-ring (bicyclic) bond motifs is 1. The van der Waals surface area contributed by atoms with Gasteiger partial charge in [-0.05, 0) is 54.4 Å². The summed E-state index contributed by atoms with van der Waals surface area (Å²) in [6.07, 6.45) is -4.48. The van der Waals surface area contributed by atoms with Crippen LogP contribution < -0.4 is 21.3 Å². The number of likely N-dealkylation sites (tertiary alicyclic amines) is 1. The second kappa shape index (κ2) is 14.2. The Bertz CT molecular complexity index is 1490. The van der Waals surface area contributed by atoms with Gasteiger partial charge in [0.2, 0.25) is 29.1 Å². The lowest BCUT2D eigenvalue weighted by molar-refractivity contribution is -0.244. The van der Waals surface area contributed by atoms with Gasteiger partial charge in [-0.1, -0.05) is 77.8 Å². The Balaban J connectivity index is 1.45. The van der Waals surface area contributed by atoms with Gasteiger partial charge in [0.15, 0.2) is 0 Å². The summed E-state index contributed by atoms with van der Waals surface area (Å²) in [5.41, 5.74) is -3.31. The van der Waals surface area contributed by atoms with Crippen LogP contribution in [0, 0.1) is 28.6 Å². The number of alkyl carbamates (subject to hydrolysis) is 1. The van der Waals surface area contributed by atoms with Crippen molar-refractivity contribution in [1.82, 2.24) is 26.2 Å². The van der Waals surface area contributed by atoms with Crippen molar-refractivity contribution in [3.05, 3.63) is 35.9 Å². The number of ether oxygens (including phenoxy) is 1. The van der Waals surface area contributed by atoms with E-state index in [0.29, 0.717) is 13.8 Å². The highest BCUT2D eigenvalue weighted by Crippen LogP contribution is 2.65. The zero-order valence-corrected chi connectivity index (χ0v) is 29.5. The van der Waals surface area contributed by atoms with Gasteiger partial charge in [-0.15, -0.1) is 0 Å². The lowest BCUT2D eigenvalue weighted by atomic mass is 9.85. The van der Waals surface area contributed by atoms with Gasteiger partial charge >= 0.3 is 12.3 Å². The van der Waals surface area contributed by atoms with Gasteiger partial charge in [-0.25, -0.2) is 4.79 Å². The average molecular weight is 708 g/mol. The molecule has 1 heterocycles. The number of alkyl halides is 3. The molecule has 1 saturated heterocycles. The topological polar surface area (TPSA) is 163 Å². The maximum Gasteiger partial charge on any atom is 0.427 e. The molecule has 0 unspecified atom stereocenters. The van der Waals surface area contributed by atoms with Crippen molar-refractivity contribution in [2.45, 2.75) is 104 Å². The summed E-state index contributed by atoms with van der Waals surface area (Å²) in [5, 5.41) is 10.00. The molecule has 15 heteroatoms. The third kappa shape index (κ3) is 8.94. The molecule has 1 aliphatic heterocycles. The molecule has 0 aromatic heterocycles. The predicted octanol–water partition coefficient (Wildman–Crippen LogP) is 3.24. The van der Waals surface area contributed by atoms with Crippen LogP contribution in [0.4, 0.5) is 18.0 Å². The molecule has 0 spiro atoms. The first-order chi connectivity index (χ1) is 23.0. The summed E-state index contributed by atoms with van der Waals surface area (Å²) in [6, 6.07) is 5.48. The summed E-state index contributed by atoms with van der Waals surface area (Å²) >= 11 is 0. The number of Topliss-reactive ketones (excluding diaryl/α,β-unsaturated/α-hetero) is 1. The van der Waals surface area contributed by atoms with Gasteiger partial charge in [0.05, 0.1) is 12.6 Å². The van der Waals surface area contributed by atoms with E-state index in [0.717, 1.165) is 18.4 Å². The minimum Gasteiger partial charge on any atom is -0.434 e. The van der Waals surface area contributed by atoms with E-state index >= 15 is 0 Å². The first kappa shape index (κ1) is 38.6. The smallest absolute Gasteiger partial charge is 0.427 e. The molecule has 5 atom stereocenters. The number of carbonyl (C=O) groups excluding carboxylic acids is 6. The summed E-state index contributed by atoms with van der Waals surface area (Å²) in [5.74, 6) is -4.09. The number of piperidine rings is 1. The van der Waals surface area contributed by atoms with Crippen molar-refractivity contribution < 1.29 is 46.7 Å². The van der Waals surface area contributed by atoms with E-state index in [2.05, 4.69) is 26.0 Å². The molecule has 1 aromatic carbocycles. The van der Waals surface area contributed by atoms with Crippen LogP contribution in [-0.2, 0) is 35.3 Å². The largest absolute Gasteiger partial charge is 0.434 e. The fraction of sp³-hybridized carbons (Fsp3) is 0.657. The fourth-order valence-corrected chi connectivity index (χ4v) is 6.51. The SMILES string of the molecule is CC(C)(C)[C@H](NC(=O)OC(C)(C)C(F)(F)F)C(=O)N1C[C@H]2[C@@H]([C@H]1C(=O)N[C@@H](CC1CC1)C(=O)C(=O)NCC(=O)NCc1ccccc1)C2(C)C. The number of amides is 5. The highest BCUT2D eigenvalue weighted by Gasteiger charge is 2.70. The van der Waals surface area contributed by atoms with Gasteiger partial charge in [-0.3, -0.25) is 24.0 Å². The molecule has 0 bridgehead atoms. The molecule has 4 N–H and O–H groups in total. The molecular formula is C35H48F3N5O7. The lowest BCUT2D eigenvalue weighted by Gasteiger charge is -2.38. The minimum absolute atomic E-state index is 0.0887. The maximum absolute atomic E-state index is 14.1. The van der Waals surface area contributed by atoms with Gasteiger partial charge in [0, 0.05) is 13.1 Å². The number of hydrogen-bond donors (Lipinski definition) is 4. The number of nitrogens with one attached hydrogen (secondary N) is 4. The zero-order chi connectivity index (χ0) is 37.4. The number of benzene rings is 1. The number of hydrogen-bond acceptors (Lipinski definition) is 7. The van der Waals surface area contributed by atoms with Crippen molar-refractivity contribution in [3.63, 3.8) is 0 Å². The van der Waals surface area contributed by atoms with E-state index in [1.807, 2.05) is 44.2 Å². The van der Waals surface area contributed by atoms with E-state index in [1.54, 1.807) is 20.8 Å². The van der Waals surface area contributed by atoms with E-state index in [-0.39, 0.29) is 42.7 Å². The Hall–Kier alpha value is -4.17. The lowest BCUT2D eigenvalue weighted by Crippen LogP contribution is -2.61. The van der Waals surface area contributed by atoms with Gasteiger partial charge in [-0.2, -0.15) is 13.2 Å². The third-order valence-corrected chi connectivity index (χ3v) is 10.0. The van der Waals surface area contributed by atoms with E-state index in [4.69, 9.17) is 0 Å². The first-order valence-corrected chi connectivity index (χ1v) is 16.8. The minimum atomic E-state index is -4.86. The number of halogens is 3. The molecule has 4 rings (SSSR count). The zero-order valence-electron chi connectivity index (χ0n) is 29.5.